The van der Waals surface area contributed by atoms with Gasteiger partial charge in [0.2, 0.25) is 9.84 Å². The van der Waals surface area contributed by atoms with Crippen molar-refractivity contribution < 1.29 is 17.2 Å². The lowest BCUT2D eigenvalue weighted by Crippen LogP contribution is -2.11. The number of sulfone groups is 1. The summed E-state index contributed by atoms with van der Waals surface area (Å²) in [5.41, 5.74) is 1.74. The highest BCUT2D eigenvalue weighted by atomic mass is 32.2. The summed E-state index contributed by atoms with van der Waals surface area (Å²) >= 11 is 0. The number of halogens is 2. The van der Waals surface area contributed by atoms with Crippen molar-refractivity contribution in [1.29, 1.82) is 0 Å². The molecule has 6 heteroatoms. The molecule has 0 fully saturated rings. The van der Waals surface area contributed by atoms with Gasteiger partial charge in [0.1, 0.15) is 0 Å². The maximum Gasteiger partial charge on any atom is 0.341 e. The lowest BCUT2D eigenvalue weighted by molar-refractivity contribution is 0.234. The number of hydrogen-bond acceptors (Lipinski definition) is 3. The normalized spacial score (nSPS) is 13.1. The van der Waals surface area contributed by atoms with E-state index in [0.717, 1.165) is 5.56 Å². The molecule has 112 valence electrons. The third-order valence-corrected chi connectivity index (χ3v) is 4.50. The van der Waals surface area contributed by atoms with Gasteiger partial charge in [-0.15, -0.1) is 0 Å². The summed E-state index contributed by atoms with van der Waals surface area (Å²) in [7, 11) is -4.54. The summed E-state index contributed by atoms with van der Waals surface area (Å²) in [6.07, 6.45) is 0. The molecule has 0 radical (unpaired) electrons. The van der Waals surface area contributed by atoms with Crippen molar-refractivity contribution in [3.8, 4) is 0 Å². The lowest BCUT2D eigenvalue weighted by Gasteiger charge is -2.16. The van der Waals surface area contributed by atoms with Crippen LogP contribution in [0.5, 0.6) is 0 Å². The topological polar surface area (TPSA) is 46.2 Å². The maximum absolute atomic E-state index is 12.4. The number of anilines is 1. The van der Waals surface area contributed by atoms with Gasteiger partial charge in [-0.2, -0.15) is 8.78 Å². The van der Waals surface area contributed by atoms with Gasteiger partial charge in [-0.3, -0.25) is 0 Å². The molecule has 1 unspecified atom stereocenters. The smallest absolute Gasteiger partial charge is 0.341 e. The first kappa shape index (κ1) is 15.4. The van der Waals surface area contributed by atoms with E-state index in [1.54, 1.807) is 0 Å². The van der Waals surface area contributed by atoms with E-state index in [1.807, 2.05) is 37.3 Å². The molecular formula is C15H15F2NO2S. The number of alkyl halides is 2. The van der Waals surface area contributed by atoms with Crippen LogP contribution in [0.3, 0.4) is 0 Å². The van der Waals surface area contributed by atoms with E-state index in [1.165, 1.54) is 24.3 Å². The van der Waals surface area contributed by atoms with Crippen LogP contribution in [-0.2, 0) is 9.84 Å². The molecule has 0 saturated heterocycles. The van der Waals surface area contributed by atoms with Crippen LogP contribution in [-0.4, -0.2) is 14.2 Å². The standard InChI is InChI=1S/C15H15F2NO2S/c1-11(12-5-3-2-4-6-12)18-13-7-9-14(10-8-13)21(19,20)15(16)17/h2-11,15,18H,1H3. The van der Waals surface area contributed by atoms with Crippen molar-refractivity contribution in [2.45, 2.75) is 23.6 Å². The molecule has 1 atom stereocenters. The van der Waals surface area contributed by atoms with Gasteiger partial charge < -0.3 is 5.32 Å². The molecule has 0 spiro atoms. The van der Waals surface area contributed by atoms with E-state index in [4.69, 9.17) is 0 Å². The fourth-order valence-corrected chi connectivity index (χ4v) is 2.64. The van der Waals surface area contributed by atoms with Crippen LogP contribution in [0.4, 0.5) is 14.5 Å². The van der Waals surface area contributed by atoms with Crippen molar-refractivity contribution in [3.05, 3.63) is 60.2 Å². The van der Waals surface area contributed by atoms with E-state index in [-0.39, 0.29) is 10.9 Å². The molecule has 0 aliphatic carbocycles. The molecule has 2 rings (SSSR count). The minimum atomic E-state index is -4.54. The fraction of sp³-hybridized carbons (Fsp3) is 0.200. The zero-order chi connectivity index (χ0) is 15.5. The van der Waals surface area contributed by atoms with Gasteiger partial charge in [-0.05, 0) is 36.8 Å². The molecule has 0 aromatic heterocycles. The van der Waals surface area contributed by atoms with E-state index < -0.39 is 15.6 Å². The first-order valence-corrected chi connectivity index (χ1v) is 7.89. The minimum absolute atomic E-state index is 0.0174. The summed E-state index contributed by atoms with van der Waals surface area (Å²) in [5.74, 6) is -3.40. The summed E-state index contributed by atoms with van der Waals surface area (Å²) in [6, 6.07) is 15.0. The summed E-state index contributed by atoms with van der Waals surface area (Å²) in [6.45, 7) is 1.96. The van der Waals surface area contributed by atoms with Crippen molar-refractivity contribution in [2.75, 3.05) is 5.32 Å². The second-order valence-corrected chi connectivity index (χ2v) is 6.52. The van der Waals surface area contributed by atoms with E-state index in [2.05, 4.69) is 5.32 Å². The monoisotopic (exact) mass is 311 g/mol. The molecule has 0 bridgehead atoms. The van der Waals surface area contributed by atoms with Crippen molar-refractivity contribution in [2.24, 2.45) is 0 Å². The largest absolute Gasteiger partial charge is 0.379 e. The van der Waals surface area contributed by atoms with Gasteiger partial charge in [-0.25, -0.2) is 8.42 Å². The third kappa shape index (κ3) is 3.58. The molecule has 3 nitrogen and oxygen atoms in total. The zero-order valence-corrected chi connectivity index (χ0v) is 12.1. The highest BCUT2D eigenvalue weighted by molar-refractivity contribution is 7.91. The van der Waals surface area contributed by atoms with Crippen LogP contribution in [0.1, 0.15) is 18.5 Å². The van der Waals surface area contributed by atoms with Crippen molar-refractivity contribution >= 4 is 15.5 Å². The number of nitrogens with one attached hydrogen (secondary N) is 1. The predicted molar refractivity (Wildman–Crippen MR) is 78.1 cm³/mol. The quantitative estimate of drug-likeness (QED) is 0.912. The Kier molecular flexibility index (Phi) is 4.57. The summed E-state index contributed by atoms with van der Waals surface area (Å²) in [4.78, 5) is -0.379. The zero-order valence-electron chi connectivity index (χ0n) is 11.3. The summed E-state index contributed by atoms with van der Waals surface area (Å²) in [5, 5.41) is 3.18. The third-order valence-electron chi connectivity index (χ3n) is 3.10. The van der Waals surface area contributed by atoms with Gasteiger partial charge >= 0.3 is 5.76 Å². The van der Waals surface area contributed by atoms with Crippen LogP contribution in [0, 0.1) is 0 Å². The molecule has 0 saturated carbocycles. The first-order chi connectivity index (χ1) is 9.91. The van der Waals surface area contributed by atoms with E-state index in [9.17, 15) is 17.2 Å². The maximum atomic E-state index is 12.4. The Morgan fingerprint density at radius 2 is 1.52 bits per heavy atom. The molecule has 0 aliphatic heterocycles. The Bertz CT molecular complexity index is 685. The van der Waals surface area contributed by atoms with E-state index >= 15 is 0 Å². The van der Waals surface area contributed by atoms with Crippen LogP contribution in [0.2, 0.25) is 0 Å². The van der Waals surface area contributed by atoms with Gasteiger partial charge in [-0.1, -0.05) is 30.3 Å². The second kappa shape index (κ2) is 6.22. The highest BCUT2D eigenvalue weighted by Crippen LogP contribution is 2.23. The minimum Gasteiger partial charge on any atom is -0.379 e. The number of hydrogen-bond donors (Lipinski definition) is 1. The molecule has 2 aromatic rings. The highest BCUT2D eigenvalue weighted by Gasteiger charge is 2.26. The van der Waals surface area contributed by atoms with Crippen LogP contribution < -0.4 is 5.32 Å². The number of benzene rings is 2. The molecular weight excluding hydrogens is 296 g/mol. The molecule has 21 heavy (non-hydrogen) atoms. The Morgan fingerprint density at radius 3 is 2.05 bits per heavy atom. The van der Waals surface area contributed by atoms with Crippen molar-refractivity contribution in [1.82, 2.24) is 0 Å². The predicted octanol–water partition coefficient (Wildman–Crippen LogP) is 3.86. The molecule has 0 heterocycles. The van der Waals surface area contributed by atoms with E-state index in [0.29, 0.717) is 5.69 Å². The first-order valence-electron chi connectivity index (χ1n) is 6.35. The number of rotatable bonds is 5. The van der Waals surface area contributed by atoms with Gasteiger partial charge in [0.25, 0.3) is 0 Å². The molecule has 0 amide bonds. The van der Waals surface area contributed by atoms with Crippen molar-refractivity contribution in [3.63, 3.8) is 0 Å². The Balaban J connectivity index is 2.14. The Labute approximate surface area is 122 Å². The van der Waals surface area contributed by atoms with Gasteiger partial charge in [0.15, 0.2) is 0 Å². The average Bonchev–Trinajstić information content (AvgIpc) is 2.48. The molecule has 1 N–H and O–H groups in total. The fourth-order valence-electron chi connectivity index (χ4n) is 1.92. The molecule has 2 aromatic carbocycles. The molecule has 0 aliphatic rings. The Morgan fingerprint density at radius 1 is 0.952 bits per heavy atom. The summed E-state index contributed by atoms with van der Waals surface area (Å²) < 4.78 is 47.5. The van der Waals surface area contributed by atoms with Crippen LogP contribution in [0.25, 0.3) is 0 Å². The Hall–Kier alpha value is -1.95. The average molecular weight is 311 g/mol. The second-order valence-electron chi connectivity index (χ2n) is 4.61. The van der Waals surface area contributed by atoms with Crippen LogP contribution >= 0.6 is 0 Å². The lowest BCUT2D eigenvalue weighted by atomic mass is 10.1. The van der Waals surface area contributed by atoms with Gasteiger partial charge in [0, 0.05) is 11.7 Å². The van der Waals surface area contributed by atoms with Gasteiger partial charge in [0.05, 0.1) is 4.90 Å². The van der Waals surface area contributed by atoms with Crippen LogP contribution in [0.15, 0.2) is 59.5 Å². The SMILES string of the molecule is CC(Nc1ccc(S(=O)(=O)C(F)F)cc1)c1ccccc1.